The van der Waals surface area contributed by atoms with E-state index < -0.39 is 28.4 Å². The van der Waals surface area contributed by atoms with Crippen molar-refractivity contribution in [3.05, 3.63) is 54.2 Å². The Balaban J connectivity index is 1.81. The molecule has 1 aliphatic rings. The van der Waals surface area contributed by atoms with E-state index in [1.54, 1.807) is 12.1 Å². The molecule has 0 atom stereocenters. The van der Waals surface area contributed by atoms with Crippen LogP contribution in [-0.4, -0.2) is 43.5 Å². The molecular weight excluding hydrogens is 365 g/mol. The number of furan rings is 1. The third-order valence-corrected chi connectivity index (χ3v) is 5.69. The number of aliphatic carboxylic acids is 1. The highest BCUT2D eigenvalue weighted by Gasteiger charge is 2.29. The molecule has 0 saturated heterocycles. The van der Waals surface area contributed by atoms with E-state index in [0.29, 0.717) is 12.2 Å². The van der Waals surface area contributed by atoms with Crippen molar-refractivity contribution in [2.75, 3.05) is 19.7 Å². The first-order valence-electron chi connectivity index (χ1n) is 7.75. The summed E-state index contributed by atoms with van der Waals surface area (Å²) >= 11 is 0. The molecular formula is C17H16FNO6S. The van der Waals surface area contributed by atoms with Crippen LogP contribution >= 0.6 is 0 Å². The van der Waals surface area contributed by atoms with Gasteiger partial charge >= 0.3 is 5.97 Å². The molecule has 0 radical (unpaired) electrons. The van der Waals surface area contributed by atoms with Gasteiger partial charge in [-0.3, -0.25) is 0 Å². The van der Waals surface area contributed by atoms with Gasteiger partial charge in [0.05, 0.1) is 11.2 Å². The third-order valence-electron chi connectivity index (χ3n) is 3.85. The van der Waals surface area contributed by atoms with E-state index in [1.807, 2.05) is 6.08 Å². The van der Waals surface area contributed by atoms with E-state index in [9.17, 15) is 17.6 Å². The number of halogens is 1. The first-order chi connectivity index (χ1) is 12.4. The van der Waals surface area contributed by atoms with Crippen LogP contribution in [0.5, 0.6) is 5.75 Å². The second kappa shape index (κ2) is 7.30. The van der Waals surface area contributed by atoms with Gasteiger partial charge in [0.25, 0.3) is 0 Å². The fraction of sp³-hybridized carbons (Fsp3) is 0.235. The summed E-state index contributed by atoms with van der Waals surface area (Å²) in [6, 6.07) is 6.60. The number of hydrogen-bond donors (Lipinski definition) is 1. The van der Waals surface area contributed by atoms with E-state index in [-0.39, 0.29) is 23.7 Å². The Bertz CT molecular complexity index is 936. The first kappa shape index (κ1) is 18.2. The molecule has 138 valence electrons. The van der Waals surface area contributed by atoms with Crippen molar-refractivity contribution in [1.82, 2.24) is 4.31 Å². The molecule has 0 amide bonds. The fourth-order valence-corrected chi connectivity index (χ4v) is 4.05. The van der Waals surface area contributed by atoms with E-state index in [4.69, 9.17) is 14.3 Å². The third kappa shape index (κ3) is 3.78. The Morgan fingerprint density at radius 3 is 2.81 bits per heavy atom. The van der Waals surface area contributed by atoms with Gasteiger partial charge in [0.1, 0.15) is 5.76 Å². The van der Waals surface area contributed by atoms with Crippen molar-refractivity contribution in [3.63, 3.8) is 0 Å². The van der Waals surface area contributed by atoms with Crippen LogP contribution in [0.25, 0.3) is 5.57 Å². The quantitative estimate of drug-likeness (QED) is 0.825. The van der Waals surface area contributed by atoms with E-state index in [1.165, 1.54) is 16.6 Å². The normalized spacial score (nSPS) is 15.5. The number of rotatable bonds is 6. The minimum absolute atomic E-state index is 0.120. The van der Waals surface area contributed by atoms with Crippen molar-refractivity contribution in [1.29, 1.82) is 0 Å². The lowest BCUT2D eigenvalue weighted by molar-refractivity contribution is -0.139. The average Bonchev–Trinajstić information content (AvgIpc) is 3.15. The van der Waals surface area contributed by atoms with Crippen LogP contribution in [0.2, 0.25) is 0 Å². The summed E-state index contributed by atoms with van der Waals surface area (Å²) in [6.07, 6.45) is 3.93. The molecule has 0 aliphatic carbocycles. The first-order valence-corrected chi connectivity index (χ1v) is 9.19. The number of ether oxygens (including phenoxy) is 1. The minimum atomic E-state index is -3.92. The fourth-order valence-electron chi connectivity index (χ4n) is 2.61. The van der Waals surface area contributed by atoms with Gasteiger partial charge in [-0.2, -0.15) is 4.31 Å². The van der Waals surface area contributed by atoms with Gasteiger partial charge in [0.2, 0.25) is 10.0 Å². The molecule has 3 rings (SSSR count). The van der Waals surface area contributed by atoms with Crippen LogP contribution < -0.4 is 4.74 Å². The Morgan fingerprint density at radius 1 is 1.35 bits per heavy atom. The standard InChI is InChI=1S/C17H16FNO6S/c18-14-9-13(5-6-16(14)25-11-17(20)21)26(22,23)19-7-1-3-12(10-19)15-4-2-8-24-15/h2-6,8-9H,1,7,10-11H2,(H,20,21). The molecule has 7 nitrogen and oxygen atoms in total. The number of nitrogens with zero attached hydrogens (tertiary/aromatic N) is 1. The van der Waals surface area contributed by atoms with Crippen molar-refractivity contribution in [3.8, 4) is 5.75 Å². The number of carboxylic acid groups (broad SMARTS) is 1. The van der Waals surface area contributed by atoms with Gasteiger partial charge in [-0.25, -0.2) is 17.6 Å². The zero-order chi connectivity index (χ0) is 18.7. The lowest BCUT2D eigenvalue weighted by atomic mass is 10.1. The molecule has 26 heavy (non-hydrogen) atoms. The zero-order valence-corrected chi connectivity index (χ0v) is 14.4. The molecule has 0 bridgehead atoms. The summed E-state index contributed by atoms with van der Waals surface area (Å²) in [7, 11) is -3.92. The molecule has 9 heteroatoms. The molecule has 1 N–H and O–H groups in total. The molecule has 2 heterocycles. The van der Waals surface area contributed by atoms with Gasteiger partial charge < -0.3 is 14.3 Å². The van der Waals surface area contributed by atoms with Gasteiger partial charge in [-0.1, -0.05) is 6.08 Å². The number of sulfonamides is 1. The van der Waals surface area contributed by atoms with Gasteiger partial charge in [-0.05, 0) is 36.8 Å². The Morgan fingerprint density at radius 2 is 2.15 bits per heavy atom. The van der Waals surface area contributed by atoms with Crippen molar-refractivity contribution < 1.29 is 31.9 Å². The molecule has 0 unspecified atom stereocenters. The summed E-state index contributed by atoms with van der Waals surface area (Å²) in [5.74, 6) is -1.92. The number of carbonyl (C=O) groups is 1. The second-order valence-electron chi connectivity index (χ2n) is 5.61. The van der Waals surface area contributed by atoms with Crippen molar-refractivity contribution >= 4 is 21.6 Å². The lowest BCUT2D eigenvalue weighted by Gasteiger charge is -2.26. The lowest BCUT2D eigenvalue weighted by Crippen LogP contribution is -2.35. The summed E-state index contributed by atoms with van der Waals surface area (Å²) in [5, 5.41) is 8.56. The van der Waals surface area contributed by atoms with Crippen LogP contribution in [0, 0.1) is 5.82 Å². The smallest absolute Gasteiger partial charge is 0.341 e. The highest BCUT2D eigenvalue weighted by atomic mass is 32.2. The molecule has 1 aromatic heterocycles. The number of carboxylic acids is 1. The minimum Gasteiger partial charge on any atom is -0.479 e. The largest absolute Gasteiger partial charge is 0.479 e. The number of benzene rings is 1. The predicted molar refractivity (Wildman–Crippen MR) is 89.6 cm³/mol. The van der Waals surface area contributed by atoms with Crippen molar-refractivity contribution in [2.45, 2.75) is 11.3 Å². The van der Waals surface area contributed by atoms with Crippen molar-refractivity contribution in [2.24, 2.45) is 0 Å². The average molecular weight is 381 g/mol. The molecule has 1 aromatic carbocycles. The van der Waals surface area contributed by atoms with E-state index >= 15 is 0 Å². The molecule has 0 spiro atoms. The summed E-state index contributed by atoms with van der Waals surface area (Å²) in [5.41, 5.74) is 0.742. The summed E-state index contributed by atoms with van der Waals surface area (Å²) in [6.45, 7) is -0.327. The topological polar surface area (TPSA) is 97.0 Å². The molecule has 1 aliphatic heterocycles. The van der Waals surface area contributed by atoms with Gasteiger partial charge in [-0.15, -0.1) is 0 Å². The zero-order valence-electron chi connectivity index (χ0n) is 13.6. The predicted octanol–water partition coefficient (Wildman–Crippen LogP) is 2.36. The van der Waals surface area contributed by atoms with E-state index in [2.05, 4.69) is 0 Å². The Hall–Kier alpha value is -2.65. The van der Waals surface area contributed by atoms with Crippen LogP contribution in [0.1, 0.15) is 12.2 Å². The Labute approximate surface area is 149 Å². The maximum absolute atomic E-state index is 14.1. The van der Waals surface area contributed by atoms with Gasteiger partial charge in [0.15, 0.2) is 18.2 Å². The Kier molecular flexibility index (Phi) is 5.10. The molecule has 0 fully saturated rings. The van der Waals surface area contributed by atoms with Crippen LogP contribution in [0.15, 0.2) is 52.0 Å². The highest BCUT2D eigenvalue weighted by molar-refractivity contribution is 7.89. The molecule has 2 aromatic rings. The highest BCUT2D eigenvalue weighted by Crippen LogP contribution is 2.28. The number of hydrogen-bond acceptors (Lipinski definition) is 5. The summed E-state index contributed by atoms with van der Waals surface area (Å²) in [4.78, 5) is 10.3. The monoisotopic (exact) mass is 381 g/mol. The molecule has 0 saturated carbocycles. The van der Waals surface area contributed by atoms with Gasteiger partial charge in [0, 0.05) is 18.7 Å². The summed E-state index contributed by atoms with van der Waals surface area (Å²) < 4.78 is 51.0. The SMILES string of the molecule is O=C(O)COc1ccc(S(=O)(=O)N2CCC=C(c3ccco3)C2)cc1F. The van der Waals surface area contributed by atoms with Crippen LogP contribution in [0.4, 0.5) is 4.39 Å². The maximum atomic E-state index is 14.1. The second-order valence-corrected chi connectivity index (χ2v) is 7.55. The van der Waals surface area contributed by atoms with E-state index in [0.717, 1.165) is 17.7 Å². The maximum Gasteiger partial charge on any atom is 0.341 e. The van der Waals surface area contributed by atoms with Crippen LogP contribution in [-0.2, 0) is 14.8 Å². The van der Waals surface area contributed by atoms with Crippen LogP contribution in [0.3, 0.4) is 0 Å².